The molecule has 2 aromatic carbocycles. The van der Waals surface area contributed by atoms with Crippen LogP contribution in [0.3, 0.4) is 0 Å². The summed E-state index contributed by atoms with van der Waals surface area (Å²) in [7, 11) is 0. The molecule has 154 valence electrons. The van der Waals surface area contributed by atoms with E-state index >= 15 is 0 Å². The predicted octanol–water partition coefficient (Wildman–Crippen LogP) is 4.62. The second-order valence-electron chi connectivity index (χ2n) is 6.27. The first-order valence-electron chi connectivity index (χ1n) is 9.12. The lowest BCUT2D eigenvalue weighted by Gasteiger charge is -2.09. The molecule has 0 fully saturated rings. The molecular weight excluding hydrogens is 421 g/mol. The number of hydrazone groups is 1. The lowest BCUT2D eigenvalue weighted by Crippen LogP contribution is -2.19. The van der Waals surface area contributed by atoms with E-state index < -0.39 is 5.82 Å². The van der Waals surface area contributed by atoms with E-state index in [1.54, 1.807) is 36.4 Å². The third kappa shape index (κ3) is 4.93. The number of carbonyl (C=O) groups is 1. The Morgan fingerprint density at radius 3 is 2.61 bits per heavy atom. The average Bonchev–Trinajstić information content (AvgIpc) is 3.32. The number of rotatable bonds is 6. The SMILES string of the molecule is O=C(NN=Cc1ccc(Oc2nc(Cl)ncc2F)cc1)c1ccccc1-n1cccc1. The van der Waals surface area contributed by atoms with Gasteiger partial charge in [-0.25, -0.2) is 10.4 Å². The first-order chi connectivity index (χ1) is 15.1. The van der Waals surface area contributed by atoms with Crippen molar-refractivity contribution in [3.8, 4) is 17.3 Å². The van der Waals surface area contributed by atoms with Crippen molar-refractivity contribution in [2.75, 3.05) is 0 Å². The maximum atomic E-state index is 13.7. The first-order valence-corrected chi connectivity index (χ1v) is 9.50. The summed E-state index contributed by atoms with van der Waals surface area (Å²) in [5.74, 6) is -0.972. The van der Waals surface area contributed by atoms with E-state index in [0.717, 1.165) is 11.9 Å². The van der Waals surface area contributed by atoms with Crippen LogP contribution in [0.2, 0.25) is 5.28 Å². The number of carbonyl (C=O) groups excluding carboxylic acids is 1. The minimum absolute atomic E-state index is 0.116. The summed E-state index contributed by atoms with van der Waals surface area (Å²) >= 11 is 5.65. The number of amides is 1. The molecule has 2 heterocycles. The van der Waals surface area contributed by atoms with E-state index in [2.05, 4.69) is 20.5 Å². The number of hydrogen-bond donors (Lipinski definition) is 1. The largest absolute Gasteiger partial charge is 0.436 e. The minimum atomic E-state index is -0.724. The topological polar surface area (TPSA) is 81.4 Å². The summed E-state index contributed by atoms with van der Waals surface area (Å²) < 4.78 is 20.9. The van der Waals surface area contributed by atoms with Gasteiger partial charge in [-0.15, -0.1) is 0 Å². The monoisotopic (exact) mass is 435 g/mol. The molecule has 0 aliphatic rings. The number of aromatic nitrogens is 3. The molecule has 0 saturated carbocycles. The quantitative estimate of drug-likeness (QED) is 0.272. The highest BCUT2D eigenvalue weighted by atomic mass is 35.5. The summed E-state index contributed by atoms with van der Waals surface area (Å²) in [6.07, 6.45) is 6.14. The van der Waals surface area contributed by atoms with E-state index in [9.17, 15) is 9.18 Å². The number of halogens is 2. The molecule has 0 spiro atoms. The van der Waals surface area contributed by atoms with Crippen LogP contribution in [-0.4, -0.2) is 26.7 Å². The molecule has 7 nitrogen and oxygen atoms in total. The number of nitrogens with zero attached hydrogens (tertiary/aromatic N) is 4. The Bertz CT molecular complexity index is 1230. The van der Waals surface area contributed by atoms with Crippen LogP contribution in [0.4, 0.5) is 4.39 Å². The molecule has 4 rings (SSSR count). The zero-order valence-electron chi connectivity index (χ0n) is 15.9. The Balaban J connectivity index is 1.41. The van der Waals surface area contributed by atoms with Crippen LogP contribution >= 0.6 is 11.6 Å². The van der Waals surface area contributed by atoms with Gasteiger partial charge in [-0.1, -0.05) is 12.1 Å². The van der Waals surface area contributed by atoms with Crippen molar-refractivity contribution in [2.24, 2.45) is 5.10 Å². The Hall–Kier alpha value is -4.04. The minimum Gasteiger partial charge on any atom is -0.436 e. The Morgan fingerprint density at radius 1 is 1.10 bits per heavy atom. The molecule has 31 heavy (non-hydrogen) atoms. The fourth-order valence-corrected chi connectivity index (χ4v) is 2.87. The van der Waals surface area contributed by atoms with E-state index in [0.29, 0.717) is 16.9 Å². The van der Waals surface area contributed by atoms with Gasteiger partial charge < -0.3 is 9.30 Å². The van der Waals surface area contributed by atoms with Gasteiger partial charge in [0, 0.05) is 12.4 Å². The number of benzene rings is 2. The van der Waals surface area contributed by atoms with Crippen LogP contribution in [-0.2, 0) is 0 Å². The molecule has 2 aromatic heterocycles. The molecular formula is C22H15ClFN5O2. The summed E-state index contributed by atoms with van der Waals surface area (Å²) in [5.41, 5.74) is 4.46. The van der Waals surface area contributed by atoms with Gasteiger partial charge in [0.15, 0.2) is 0 Å². The highest BCUT2D eigenvalue weighted by Crippen LogP contribution is 2.23. The molecule has 0 saturated heterocycles. The predicted molar refractivity (Wildman–Crippen MR) is 114 cm³/mol. The first kappa shape index (κ1) is 20.2. The standard InChI is InChI=1S/C22H15ClFN5O2/c23-22-25-14-18(24)21(27-22)31-16-9-7-15(8-10-16)13-26-28-20(30)17-5-1-2-6-19(17)29-11-3-4-12-29/h1-14H,(H,28,30). The van der Waals surface area contributed by atoms with Gasteiger partial charge >= 0.3 is 0 Å². The molecule has 9 heteroatoms. The molecule has 4 aromatic rings. The van der Waals surface area contributed by atoms with Crippen molar-refractivity contribution in [1.82, 2.24) is 20.0 Å². The second kappa shape index (κ2) is 9.19. The zero-order chi connectivity index (χ0) is 21.6. The van der Waals surface area contributed by atoms with Crippen LogP contribution in [0.5, 0.6) is 11.6 Å². The lowest BCUT2D eigenvalue weighted by atomic mass is 10.1. The van der Waals surface area contributed by atoms with Crippen LogP contribution < -0.4 is 10.2 Å². The molecule has 0 unspecified atom stereocenters. The molecule has 0 bridgehead atoms. The van der Waals surface area contributed by atoms with Gasteiger partial charge in [0.2, 0.25) is 11.1 Å². The fraction of sp³-hybridized carbons (Fsp3) is 0. The number of ether oxygens (including phenoxy) is 1. The van der Waals surface area contributed by atoms with Gasteiger partial charge in [0.1, 0.15) is 5.75 Å². The van der Waals surface area contributed by atoms with E-state index in [4.69, 9.17) is 16.3 Å². The third-order valence-electron chi connectivity index (χ3n) is 4.19. The average molecular weight is 436 g/mol. The van der Waals surface area contributed by atoms with Gasteiger partial charge in [0.25, 0.3) is 11.8 Å². The molecule has 0 atom stereocenters. The molecule has 0 aliphatic carbocycles. The molecule has 0 radical (unpaired) electrons. The molecule has 0 aliphatic heterocycles. The van der Waals surface area contributed by atoms with E-state index in [1.807, 2.05) is 41.2 Å². The van der Waals surface area contributed by atoms with E-state index in [1.165, 1.54) is 6.21 Å². The van der Waals surface area contributed by atoms with Crippen LogP contribution in [0.1, 0.15) is 15.9 Å². The van der Waals surface area contributed by atoms with Crippen LogP contribution in [0.25, 0.3) is 5.69 Å². The lowest BCUT2D eigenvalue weighted by molar-refractivity contribution is 0.0955. The highest BCUT2D eigenvalue weighted by molar-refractivity contribution is 6.28. The summed E-state index contributed by atoms with van der Waals surface area (Å²) in [4.78, 5) is 19.8. The highest BCUT2D eigenvalue weighted by Gasteiger charge is 2.11. The normalized spacial score (nSPS) is 10.9. The number of para-hydroxylation sites is 1. The van der Waals surface area contributed by atoms with Gasteiger partial charge in [-0.05, 0) is 65.7 Å². The van der Waals surface area contributed by atoms with E-state index in [-0.39, 0.29) is 17.1 Å². The van der Waals surface area contributed by atoms with Crippen molar-refractivity contribution in [3.05, 3.63) is 101 Å². The van der Waals surface area contributed by atoms with Gasteiger partial charge in [-0.2, -0.15) is 14.5 Å². The van der Waals surface area contributed by atoms with Crippen LogP contribution in [0, 0.1) is 5.82 Å². The summed E-state index contributed by atoms with van der Waals surface area (Å²) in [6, 6.07) is 17.6. The van der Waals surface area contributed by atoms with Crippen molar-refractivity contribution in [2.45, 2.75) is 0 Å². The molecule has 1 amide bonds. The van der Waals surface area contributed by atoms with Crippen molar-refractivity contribution in [1.29, 1.82) is 0 Å². The summed E-state index contributed by atoms with van der Waals surface area (Å²) in [6.45, 7) is 0. The second-order valence-corrected chi connectivity index (χ2v) is 6.61. The number of nitrogens with one attached hydrogen (secondary N) is 1. The number of hydrogen-bond acceptors (Lipinski definition) is 5. The third-order valence-corrected chi connectivity index (χ3v) is 4.37. The fourth-order valence-electron chi connectivity index (χ4n) is 2.75. The van der Waals surface area contributed by atoms with Gasteiger partial charge in [-0.3, -0.25) is 4.79 Å². The van der Waals surface area contributed by atoms with Crippen molar-refractivity contribution < 1.29 is 13.9 Å². The Kier molecular flexibility index (Phi) is 6.00. The molecule has 1 N–H and O–H groups in total. The Labute approximate surface area is 181 Å². The smallest absolute Gasteiger partial charge is 0.273 e. The zero-order valence-corrected chi connectivity index (χ0v) is 16.7. The Morgan fingerprint density at radius 2 is 1.84 bits per heavy atom. The van der Waals surface area contributed by atoms with Crippen molar-refractivity contribution >= 4 is 23.7 Å². The van der Waals surface area contributed by atoms with Gasteiger partial charge in [0.05, 0.1) is 23.7 Å². The van der Waals surface area contributed by atoms with Crippen LogP contribution in [0.15, 0.2) is 84.4 Å². The summed E-state index contributed by atoms with van der Waals surface area (Å²) in [5, 5.41) is 3.89. The maximum absolute atomic E-state index is 13.7. The maximum Gasteiger partial charge on any atom is 0.273 e. The van der Waals surface area contributed by atoms with Crippen molar-refractivity contribution in [3.63, 3.8) is 0 Å².